The molecule has 0 aliphatic carbocycles. The number of amides is 1. The first-order valence-corrected chi connectivity index (χ1v) is 9.73. The van der Waals surface area contributed by atoms with E-state index in [1.165, 1.54) is 18.4 Å². The molecule has 0 spiro atoms. The number of nitrogens with zero attached hydrogens (tertiary/aromatic N) is 3. The van der Waals surface area contributed by atoms with Crippen molar-refractivity contribution in [3.05, 3.63) is 89.7 Å². The first kappa shape index (κ1) is 18.8. The number of esters is 1. The molecule has 6 nitrogen and oxygen atoms in total. The molecule has 7 heteroatoms. The van der Waals surface area contributed by atoms with Crippen LogP contribution < -0.4 is 4.90 Å². The molecule has 0 unspecified atom stereocenters. The van der Waals surface area contributed by atoms with Crippen LogP contribution in [-0.2, 0) is 11.3 Å². The zero-order valence-electron chi connectivity index (χ0n) is 15.6. The fraction of sp³-hybridized carbons (Fsp3) is 0.0909. The van der Waals surface area contributed by atoms with Gasteiger partial charge in [0.1, 0.15) is 0 Å². The predicted octanol–water partition coefficient (Wildman–Crippen LogP) is 4.32. The van der Waals surface area contributed by atoms with Crippen LogP contribution >= 0.6 is 11.3 Å². The van der Waals surface area contributed by atoms with Gasteiger partial charge in [0.25, 0.3) is 5.91 Å². The van der Waals surface area contributed by atoms with Gasteiger partial charge < -0.3 is 4.74 Å². The van der Waals surface area contributed by atoms with Crippen molar-refractivity contribution in [1.82, 2.24) is 9.97 Å². The van der Waals surface area contributed by atoms with E-state index in [4.69, 9.17) is 4.74 Å². The van der Waals surface area contributed by atoms with Gasteiger partial charge in [0, 0.05) is 11.8 Å². The van der Waals surface area contributed by atoms with E-state index >= 15 is 0 Å². The minimum atomic E-state index is -0.444. The third kappa shape index (κ3) is 4.00. The Bertz CT molecular complexity index is 1120. The fourth-order valence-electron chi connectivity index (χ4n) is 2.88. The number of hydrogen-bond acceptors (Lipinski definition) is 6. The lowest BCUT2D eigenvalue weighted by molar-refractivity contribution is 0.0600. The summed E-state index contributed by atoms with van der Waals surface area (Å²) in [4.78, 5) is 35.6. The molecule has 0 saturated carbocycles. The van der Waals surface area contributed by atoms with Gasteiger partial charge in [-0.25, -0.2) is 9.78 Å². The Labute approximate surface area is 171 Å². The number of anilines is 1. The normalized spacial score (nSPS) is 10.7. The van der Waals surface area contributed by atoms with Crippen LogP contribution in [0.3, 0.4) is 0 Å². The molecule has 0 fully saturated rings. The van der Waals surface area contributed by atoms with E-state index in [0.717, 1.165) is 15.9 Å². The van der Waals surface area contributed by atoms with Gasteiger partial charge in [-0.05, 0) is 48.5 Å². The van der Waals surface area contributed by atoms with E-state index in [2.05, 4.69) is 9.97 Å². The largest absolute Gasteiger partial charge is 0.465 e. The second-order valence-electron chi connectivity index (χ2n) is 6.25. The Kier molecular flexibility index (Phi) is 5.31. The maximum Gasteiger partial charge on any atom is 0.337 e. The van der Waals surface area contributed by atoms with Crippen molar-refractivity contribution in [3.63, 3.8) is 0 Å². The molecule has 1 amide bonds. The number of thiazole rings is 1. The number of para-hydroxylation sites is 1. The van der Waals surface area contributed by atoms with Gasteiger partial charge in [-0.15, -0.1) is 0 Å². The summed E-state index contributed by atoms with van der Waals surface area (Å²) in [7, 11) is 1.32. The van der Waals surface area contributed by atoms with Gasteiger partial charge in [-0.3, -0.25) is 14.7 Å². The van der Waals surface area contributed by atoms with Crippen molar-refractivity contribution in [2.75, 3.05) is 12.0 Å². The standard InChI is InChI=1S/C22H17N3O3S/c1-28-21(27)16-11-9-15(10-12-16)20(26)25(14-17-6-4-5-13-23-17)22-24-18-7-2-3-8-19(18)29-22/h2-13H,14H2,1H3. The lowest BCUT2D eigenvalue weighted by atomic mass is 10.1. The van der Waals surface area contributed by atoms with E-state index in [-0.39, 0.29) is 12.5 Å². The third-order valence-corrected chi connectivity index (χ3v) is 5.42. The van der Waals surface area contributed by atoms with E-state index in [0.29, 0.717) is 16.3 Å². The van der Waals surface area contributed by atoms with Crippen LogP contribution in [-0.4, -0.2) is 29.0 Å². The number of rotatable bonds is 5. The Hall–Kier alpha value is -3.58. The van der Waals surface area contributed by atoms with Gasteiger partial charge >= 0.3 is 5.97 Å². The average molecular weight is 403 g/mol. The Balaban J connectivity index is 1.71. The summed E-state index contributed by atoms with van der Waals surface area (Å²) in [6.07, 6.45) is 1.70. The minimum absolute atomic E-state index is 0.217. The highest BCUT2D eigenvalue weighted by atomic mass is 32.1. The van der Waals surface area contributed by atoms with Crippen molar-refractivity contribution < 1.29 is 14.3 Å². The molecule has 2 aromatic heterocycles. The molecule has 0 N–H and O–H groups in total. The summed E-state index contributed by atoms with van der Waals surface area (Å²) in [5.74, 6) is -0.661. The predicted molar refractivity (Wildman–Crippen MR) is 112 cm³/mol. The molecule has 0 bridgehead atoms. The van der Waals surface area contributed by atoms with E-state index < -0.39 is 5.97 Å². The van der Waals surface area contributed by atoms with Crippen molar-refractivity contribution in [2.24, 2.45) is 0 Å². The summed E-state index contributed by atoms with van der Waals surface area (Å²) in [6.45, 7) is 0.290. The van der Waals surface area contributed by atoms with E-state index in [1.54, 1.807) is 35.4 Å². The summed E-state index contributed by atoms with van der Waals surface area (Å²) in [6, 6.07) is 19.7. The number of carbonyl (C=O) groups is 2. The quantitative estimate of drug-likeness (QED) is 0.464. The Morgan fingerprint density at radius 1 is 0.966 bits per heavy atom. The number of pyridine rings is 1. The highest BCUT2D eigenvalue weighted by Gasteiger charge is 2.22. The zero-order chi connectivity index (χ0) is 20.2. The molecule has 0 saturated heterocycles. The first-order chi connectivity index (χ1) is 14.2. The molecule has 4 aromatic rings. The SMILES string of the molecule is COC(=O)c1ccc(C(=O)N(Cc2ccccn2)c2nc3ccccc3s2)cc1. The van der Waals surface area contributed by atoms with Crippen molar-refractivity contribution in [3.8, 4) is 0 Å². The van der Waals surface area contributed by atoms with Crippen molar-refractivity contribution in [2.45, 2.75) is 6.54 Å². The average Bonchev–Trinajstić information content (AvgIpc) is 3.21. The van der Waals surface area contributed by atoms with Crippen LogP contribution in [0.15, 0.2) is 72.9 Å². The van der Waals surface area contributed by atoms with Crippen molar-refractivity contribution in [1.29, 1.82) is 0 Å². The third-order valence-electron chi connectivity index (χ3n) is 4.36. The van der Waals surface area contributed by atoms with Crippen molar-refractivity contribution >= 4 is 38.6 Å². The lowest BCUT2D eigenvalue weighted by Gasteiger charge is -2.19. The molecular formula is C22H17N3O3S. The molecule has 0 aliphatic heterocycles. The molecule has 0 aliphatic rings. The van der Waals surface area contributed by atoms with Gasteiger partial charge in [-0.1, -0.05) is 29.5 Å². The molecule has 0 atom stereocenters. The molecule has 144 valence electrons. The Morgan fingerprint density at radius 3 is 2.38 bits per heavy atom. The number of hydrogen-bond donors (Lipinski definition) is 0. The minimum Gasteiger partial charge on any atom is -0.465 e. The van der Waals surface area contributed by atoms with E-state index in [9.17, 15) is 9.59 Å². The number of fused-ring (bicyclic) bond motifs is 1. The smallest absolute Gasteiger partial charge is 0.337 e. The summed E-state index contributed by atoms with van der Waals surface area (Å²) in [5, 5.41) is 0.596. The number of methoxy groups -OCH3 is 1. The molecule has 2 aromatic carbocycles. The van der Waals surface area contributed by atoms with Crippen LogP contribution in [0.1, 0.15) is 26.4 Å². The zero-order valence-corrected chi connectivity index (χ0v) is 16.4. The number of aromatic nitrogens is 2. The monoisotopic (exact) mass is 403 g/mol. The Morgan fingerprint density at radius 2 is 1.69 bits per heavy atom. The van der Waals surface area contributed by atoms with Crippen LogP contribution in [0, 0.1) is 0 Å². The van der Waals surface area contributed by atoms with Crippen LogP contribution in [0.4, 0.5) is 5.13 Å². The number of benzene rings is 2. The van der Waals surface area contributed by atoms with Crippen LogP contribution in [0.25, 0.3) is 10.2 Å². The highest BCUT2D eigenvalue weighted by Crippen LogP contribution is 2.30. The van der Waals surface area contributed by atoms with Gasteiger partial charge in [0.2, 0.25) is 0 Å². The maximum absolute atomic E-state index is 13.3. The molecule has 0 radical (unpaired) electrons. The summed E-state index contributed by atoms with van der Waals surface area (Å²) < 4.78 is 5.72. The summed E-state index contributed by atoms with van der Waals surface area (Å²) >= 11 is 1.45. The van der Waals surface area contributed by atoms with Gasteiger partial charge in [0.15, 0.2) is 5.13 Å². The second kappa shape index (κ2) is 8.20. The number of carbonyl (C=O) groups excluding carboxylic acids is 2. The molecule has 4 rings (SSSR count). The molecule has 2 heterocycles. The fourth-order valence-corrected chi connectivity index (χ4v) is 3.84. The topological polar surface area (TPSA) is 72.4 Å². The summed E-state index contributed by atoms with van der Waals surface area (Å²) in [5.41, 5.74) is 2.44. The molecule has 29 heavy (non-hydrogen) atoms. The lowest BCUT2D eigenvalue weighted by Crippen LogP contribution is -2.30. The van der Waals surface area contributed by atoms with Crippen LogP contribution in [0.5, 0.6) is 0 Å². The molecular weight excluding hydrogens is 386 g/mol. The maximum atomic E-state index is 13.3. The number of ether oxygens (including phenoxy) is 1. The van der Waals surface area contributed by atoms with Gasteiger partial charge in [0.05, 0.1) is 35.1 Å². The highest BCUT2D eigenvalue weighted by molar-refractivity contribution is 7.22. The van der Waals surface area contributed by atoms with Crippen LogP contribution in [0.2, 0.25) is 0 Å². The first-order valence-electron chi connectivity index (χ1n) is 8.91. The second-order valence-corrected chi connectivity index (χ2v) is 7.25. The van der Waals surface area contributed by atoms with Gasteiger partial charge in [-0.2, -0.15) is 0 Å². The van der Waals surface area contributed by atoms with E-state index in [1.807, 2.05) is 42.5 Å².